The van der Waals surface area contributed by atoms with Crippen LogP contribution in [0.1, 0.15) is 17.3 Å². The summed E-state index contributed by atoms with van der Waals surface area (Å²) in [7, 11) is 3.02. The Hall–Kier alpha value is -4.07. The molecular formula is C24H23FN2O5. The fraction of sp³-hybridized carbons (Fsp3) is 0.167. The van der Waals surface area contributed by atoms with Gasteiger partial charge in [0.05, 0.1) is 19.9 Å². The van der Waals surface area contributed by atoms with Gasteiger partial charge in [0.25, 0.3) is 11.8 Å². The van der Waals surface area contributed by atoms with E-state index < -0.39 is 17.8 Å². The van der Waals surface area contributed by atoms with Crippen LogP contribution in [0, 0.1) is 5.82 Å². The number of carbonyl (C=O) groups is 2. The Morgan fingerprint density at radius 3 is 2.25 bits per heavy atom. The number of hydrogen-bond acceptors (Lipinski definition) is 5. The molecule has 0 aliphatic rings. The van der Waals surface area contributed by atoms with E-state index in [1.165, 1.54) is 25.3 Å². The molecule has 0 aliphatic carbocycles. The monoisotopic (exact) mass is 438 g/mol. The number of methoxy groups -OCH3 is 2. The van der Waals surface area contributed by atoms with Gasteiger partial charge in [-0.1, -0.05) is 6.07 Å². The SMILES string of the molecule is COc1ccc(OC(C)C(=O)Nc2ccc(OC)c(NC(=O)c3cccc(F)c3)c2)cc1. The maximum atomic E-state index is 13.4. The molecule has 0 fully saturated rings. The molecule has 2 amide bonds. The van der Waals surface area contributed by atoms with Crippen molar-refractivity contribution in [2.45, 2.75) is 13.0 Å². The number of amides is 2. The second kappa shape index (κ2) is 10.3. The number of rotatable bonds is 8. The summed E-state index contributed by atoms with van der Waals surface area (Å²) in [6, 6.07) is 17.0. The van der Waals surface area contributed by atoms with Gasteiger partial charge in [-0.25, -0.2) is 4.39 Å². The lowest BCUT2D eigenvalue weighted by molar-refractivity contribution is -0.122. The van der Waals surface area contributed by atoms with Crippen LogP contribution in [-0.4, -0.2) is 32.1 Å². The zero-order chi connectivity index (χ0) is 23.1. The topological polar surface area (TPSA) is 85.9 Å². The first-order valence-corrected chi connectivity index (χ1v) is 9.76. The van der Waals surface area contributed by atoms with Gasteiger partial charge in [0.2, 0.25) is 0 Å². The van der Waals surface area contributed by atoms with Crippen molar-refractivity contribution in [2.75, 3.05) is 24.9 Å². The highest BCUT2D eigenvalue weighted by Gasteiger charge is 2.17. The van der Waals surface area contributed by atoms with Crippen molar-refractivity contribution in [1.82, 2.24) is 0 Å². The van der Waals surface area contributed by atoms with Crippen molar-refractivity contribution in [2.24, 2.45) is 0 Å². The Morgan fingerprint density at radius 1 is 0.875 bits per heavy atom. The van der Waals surface area contributed by atoms with Crippen LogP contribution in [-0.2, 0) is 4.79 Å². The number of hydrogen-bond donors (Lipinski definition) is 2. The highest BCUT2D eigenvalue weighted by molar-refractivity contribution is 6.05. The van der Waals surface area contributed by atoms with Gasteiger partial charge in [-0.15, -0.1) is 0 Å². The molecule has 2 N–H and O–H groups in total. The predicted molar refractivity (Wildman–Crippen MR) is 119 cm³/mol. The van der Waals surface area contributed by atoms with Crippen LogP contribution in [0.4, 0.5) is 15.8 Å². The van der Waals surface area contributed by atoms with Crippen molar-refractivity contribution >= 4 is 23.2 Å². The molecule has 7 nitrogen and oxygen atoms in total. The van der Waals surface area contributed by atoms with Gasteiger partial charge < -0.3 is 24.8 Å². The first kappa shape index (κ1) is 22.6. The van der Waals surface area contributed by atoms with Gasteiger partial charge in [-0.3, -0.25) is 9.59 Å². The van der Waals surface area contributed by atoms with Crippen LogP contribution in [0.3, 0.4) is 0 Å². The van der Waals surface area contributed by atoms with Crippen molar-refractivity contribution < 1.29 is 28.2 Å². The normalized spacial score (nSPS) is 11.2. The van der Waals surface area contributed by atoms with E-state index >= 15 is 0 Å². The molecule has 3 aromatic rings. The summed E-state index contributed by atoms with van der Waals surface area (Å²) in [6.45, 7) is 1.62. The summed E-state index contributed by atoms with van der Waals surface area (Å²) >= 11 is 0. The zero-order valence-corrected chi connectivity index (χ0v) is 17.8. The Balaban J connectivity index is 1.69. The molecular weight excluding hydrogens is 415 g/mol. The highest BCUT2D eigenvalue weighted by atomic mass is 19.1. The third-order valence-electron chi connectivity index (χ3n) is 4.54. The Morgan fingerprint density at radius 2 is 1.59 bits per heavy atom. The van der Waals surface area contributed by atoms with E-state index in [4.69, 9.17) is 14.2 Å². The van der Waals surface area contributed by atoms with E-state index in [1.54, 1.807) is 56.5 Å². The van der Waals surface area contributed by atoms with E-state index in [0.717, 1.165) is 6.07 Å². The predicted octanol–water partition coefficient (Wildman–Crippen LogP) is 4.50. The molecule has 0 bridgehead atoms. The largest absolute Gasteiger partial charge is 0.497 e. The fourth-order valence-corrected chi connectivity index (χ4v) is 2.86. The highest BCUT2D eigenvalue weighted by Crippen LogP contribution is 2.29. The number of nitrogens with one attached hydrogen (secondary N) is 2. The summed E-state index contributed by atoms with van der Waals surface area (Å²) < 4.78 is 29.5. The quantitative estimate of drug-likeness (QED) is 0.541. The summed E-state index contributed by atoms with van der Waals surface area (Å²) in [5.41, 5.74) is 0.904. The van der Waals surface area contributed by atoms with Crippen molar-refractivity contribution in [3.8, 4) is 17.2 Å². The zero-order valence-electron chi connectivity index (χ0n) is 17.8. The standard InChI is InChI=1S/C24H23FN2O5/c1-15(32-20-10-8-19(30-2)9-11-20)23(28)26-18-7-12-22(31-3)21(14-18)27-24(29)16-5-4-6-17(25)13-16/h4-15H,1-3H3,(H,26,28)(H,27,29). The summed E-state index contributed by atoms with van der Waals surface area (Å²) in [5, 5.41) is 5.42. The van der Waals surface area contributed by atoms with E-state index in [1.807, 2.05) is 0 Å². The Labute approximate surface area is 185 Å². The van der Waals surface area contributed by atoms with Crippen LogP contribution in [0.25, 0.3) is 0 Å². The van der Waals surface area contributed by atoms with Gasteiger partial charge in [0, 0.05) is 11.3 Å². The number of halogens is 1. The molecule has 1 atom stereocenters. The third-order valence-corrected chi connectivity index (χ3v) is 4.54. The Bertz CT molecular complexity index is 1100. The van der Waals surface area contributed by atoms with Crippen molar-refractivity contribution in [1.29, 1.82) is 0 Å². The molecule has 8 heteroatoms. The number of ether oxygens (including phenoxy) is 3. The molecule has 0 aliphatic heterocycles. The maximum absolute atomic E-state index is 13.4. The number of benzene rings is 3. The molecule has 32 heavy (non-hydrogen) atoms. The van der Waals surface area contributed by atoms with E-state index in [9.17, 15) is 14.0 Å². The average molecular weight is 438 g/mol. The summed E-state index contributed by atoms with van der Waals surface area (Å²) in [4.78, 5) is 25.0. The van der Waals surface area contributed by atoms with Gasteiger partial charge in [0.1, 0.15) is 23.1 Å². The van der Waals surface area contributed by atoms with Crippen LogP contribution >= 0.6 is 0 Å². The molecule has 0 saturated carbocycles. The van der Waals surface area contributed by atoms with Crippen molar-refractivity contribution in [3.63, 3.8) is 0 Å². The second-order valence-electron chi connectivity index (χ2n) is 6.80. The van der Waals surface area contributed by atoms with Gasteiger partial charge >= 0.3 is 0 Å². The van der Waals surface area contributed by atoms with E-state index in [-0.39, 0.29) is 11.5 Å². The number of carbonyl (C=O) groups excluding carboxylic acids is 2. The molecule has 0 aromatic heterocycles. The van der Waals surface area contributed by atoms with Gasteiger partial charge in [-0.05, 0) is 67.6 Å². The molecule has 166 valence electrons. The lowest BCUT2D eigenvalue weighted by atomic mass is 10.2. The molecule has 0 radical (unpaired) electrons. The molecule has 0 saturated heterocycles. The minimum absolute atomic E-state index is 0.156. The van der Waals surface area contributed by atoms with Crippen molar-refractivity contribution in [3.05, 3.63) is 78.1 Å². The van der Waals surface area contributed by atoms with Crippen LogP contribution in [0.2, 0.25) is 0 Å². The molecule has 0 heterocycles. The summed E-state index contributed by atoms with van der Waals surface area (Å²) in [5.74, 6) is 0.175. The molecule has 0 spiro atoms. The minimum Gasteiger partial charge on any atom is -0.497 e. The lowest BCUT2D eigenvalue weighted by Gasteiger charge is -2.16. The van der Waals surface area contributed by atoms with Crippen LogP contribution in [0.5, 0.6) is 17.2 Å². The second-order valence-corrected chi connectivity index (χ2v) is 6.80. The molecule has 3 rings (SSSR count). The van der Waals surface area contributed by atoms with Crippen LogP contribution < -0.4 is 24.8 Å². The average Bonchev–Trinajstić information content (AvgIpc) is 2.79. The Kier molecular flexibility index (Phi) is 7.28. The number of anilines is 2. The molecule has 3 aromatic carbocycles. The maximum Gasteiger partial charge on any atom is 0.265 e. The minimum atomic E-state index is -0.782. The van der Waals surface area contributed by atoms with Gasteiger partial charge in [0.15, 0.2) is 6.10 Å². The van der Waals surface area contributed by atoms with E-state index in [2.05, 4.69) is 10.6 Å². The van der Waals surface area contributed by atoms with E-state index in [0.29, 0.717) is 28.6 Å². The fourth-order valence-electron chi connectivity index (χ4n) is 2.86. The first-order chi connectivity index (χ1) is 15.4. The molecule has 1 unspecified atom stereocenters. The first-order valence-electron chi connectivity index (χ1n) is 9.76. The van der Waals surface area contributed by atoms with Crippen LogP contribution in [0.15, 0.2) is 66.7 Å². The summed E-state index contributed by atoms with van der Waals surface area (Å²) in [6.07, 6.45) is -0.782. The smallest absolute Gasteiger partial charge is 0.265 e. The van der Waals surface area contributed by atoms with Gasteiger partial charge in [-0.2, -0.15) is 0 Å². The lowest BCUT2D eigenvalue weighted by Crippen LogP contribution is -2.30. The third kappa shape index (κ3) is 5.75.